The number of benzene rings is 1. The molecule has 0 spiro atoms. The summed E-state index contributed by atoms with van der Waals surface area (Å²) in [5.41, 5.74) is 0.905. The maximum absolute atomic E-state index is 11.9. The molecule has 0 unspecified atom stereocenters. The van der Waals surface area contributed by atoms with Gasteiger partial charge in [-0.15, -0.1) is 6.42 Å². The van der Waals surface area contributed by atoms with E-state index in [-0.39, 0.29) is 11.8 Å². The second kappa shape index (κ2) is 5.85. The number of terminal acetylenes is 1. The SMILES string of the molecule is C#CCn1c(=NC(=O)C(C)C)sc2cc3c(cc21)OCCO3. The third kappa shape index (κ3) is 2.60. The van der Waals surface area contributed by atoms with Gasteiger partial charge in [0.25, 0.3) is 5.91 Å². The molecule has 1 aromatic heterocycles. The van der Waals surface area contributed by atoms with E-state index in [0.29, 0.717) is 30.3 Å². The molecule has 0 atom stereocenters. The zero-order valence-electron chi connectivity index (χ0n) is 12.5. The number of nitrogens with zero attached hydrogens (tertiary/aromatic N) is 2. The highest BCUT2D eigenvalue weighted by Gasteiger charge is 2.16. The van der Waals surface area contributed by atoms with E-state index in [1.807, 2.05) is 30.5 Å². The molecule has 0 aliphatic carbocycles. The molecule has 2 aromatic rings. The van der Waals surface area contributed by atoms with Crippen LogP contribution in [-0.4, -0.2) is 23.7 Å². The number of carbonyl (C=O) groups is 1. The van der Waals surface area contributed by atoms with Crippen LogP contribution in [0.1, 0.15) is 13.8 Å². The number of amides is 1. The number of rotatable bonds is 2. The molecule has 22 heavy (non-hydrogen) atoms. The van der Waals surface area contributed by atoms with Crippen LogP contribution in [0, 0.1) is 18.3 Å². The minimum absolute atomic E-state index is 0.149. The first-order chi connectivity index (χ1) is 10.6. The molecule has 0 bridgehead atoms. The summed E-state index contributed by atoms with van der Waals surface area (Å²) in [5.74, 6) is 3.72. The van der Waals surface area contributed by atoms with Gasteiger partial charge in [0.2, 0.25) is 0 Å². The quantitative estimate of drug-likeness (QED) is 0.798. The zero-order valence-corrected chi connectivity index (χ0v) is 13.3. The van der Waals surface area contributed by atoms with Crippen LogP contribution in [0.3, 0.4) is 0 Å². The van der Waals surface area contributed by atoms with Crippen LogP contribution in [0.2, 0.25) is 0 Å². The molecule has 0 radical (unpaired) electrons. The summed E-state index contributed by atoms with van der Waals surface area (Å²) in [7, 11) is 0. The highest BCUT2D eigenvalue weighted by Crippen LogP contribution is 2.35. The minimum Gasteiger partial charge on any atom is -0.486 e. The van der Waals surface area contributed by atoms with E-state index < -0.39 is 0 Å². The Bertz CT molecular complexity index is 839. The van der Waals surface area contributed by atoms with E-state index in [1.165, 1.54) is 11.3 Å². The number of carbonyl (C=O) groups excluding carboxylic acids is 1. The van der Waals surface area contributed by atoms with Crippen LogP contribution in [0.15, 0.2) is 17.1 Å². The number of aromatic nitrogens is 1. The lowest BCUT2D eigenvalue weighted by Crippen LogP contribution is -2.18. The fourth-order valence-corrected chi connectivity index (χ4v) is 3.20. The third-order valence-corrected chi connectivity index (χ3v) is 4.34. The highest BCUT2D eigenvalue weighted by atomic mass is 32.1. The van der Waals surface area contributed by atoms with Gasteiger partial charge in [-0.1, -0.05) is 31.1 Å². The van der Waals surface area contributed by atoms with E-state index in [4.69, 9.17) is 15.9 Å². The molecule has 1 aliphatic rings. The van der Waals surface area contributed by atoms with E-state index in [0.717, 1.165) is 16.0 Å². The summed E-state index contributed by atoms with van der Waals surface area (Å²) < 4.78 is 14.0. The van der Waals surface area contributed by atoms with Crippen molar-refractivity contribution in [2.45, 2.75) is 20.4 Å². The maximum Gasteiger partial charge on any atom is 0.250 e. The smallest absolute Gasteiger partial charge is 0.250 e. The monoisotopic (exact) mass is 316 g/mol. The Kier molecular flexibility index (Phi) is 3.90. The summed E-state index contributed by atoms with van der Waals surface area (Å²) >= 11 is 1.43. The van der Waals surface area contributed by atoms with Crippen molar-refractivity contribution in [1.82, 2.24) is 4.57 Å². The van der Waals surface area contributed by atoms with Crippen LogP contribution in [-0.2, 0) is 11.3 Å². The van der Waals surface area contributed by atoms with Crippen LogP contribution >= 0.6 is 11.3 Å². The normalized spacial score (nSPS) is 14.4. The van der Waals surface area contributed by atoms with E-state index in [1.54, 1.807) is 0 Å². The third-order valence-electron chi connectivity index (χ3n) is 3.30. The molecule has 2 heterocycles. The van der Waals surface area contributed by atoms with Gasteiger partial charge in [-0.05, 0) is 0 Å². The van der Waals surface area contributed by atoms with Gasteiger partial charge in [-0.2, -0.15) is 4.99 Å². The van der Waals surface area contributed by atoms with Gasteiger partial charge < -0.3 is 14.0 Å². The van der Waals surface area contributed by atoms with Crippen molar-refractivity contribution in [3.8, 4) is 23.8 Å². The number of ether oxygens (including phenoxy) is 2. The highest BCUT2D eigenvalue weighted by molar-refractivity contribution is 7.16. The molecule has 1 aromatic carbocycles. The topological polar surface area (TPSA) is 52.8 Å². The molecule has 1 amide bonds. The van der Waals surface area contributed by atoms with E-state index in [2.05, 4.69) is 10.9 Å². The molecule has 0 N–H and O–H groups in total. The molecule has 5 nitrogen and oxygen atoms in total. The lowest BCUT2D eigenvalue weighted by molar-refractivity contribution is -0.120. The summed E-state index contributed by atoms with van der Waals surface area (Å²) in [6.07, 6.45) is 5.46. The van der Waals surface area contributed by atoms with Crippen molar-refractivity contribution in [1.29, 1.82) is 0 Å². The Labute approximate surface area is 132 Å². The average molecular weight is 316 g/mol. The lowest BCUT2D eigenvalue weighted by atomic mass is 10.2. The fourth-order valence-electron chi connectivity index (χ4n) is 2.16. The molecule has 114 valence electrons. The Hall–Kier alpha value is -2.26. The first-order valence-electron chi connectivity index (χ1n) is 7.05. The van der Waals surface area contributed by atoms with Crippen LogP contribution in [0.4, 0.5) is 0 Å². The number of fused-ring (bicyclic) bond motifs is 2. The van der Waals surface area contributed by atoms with Crippen molar-refractivity contribution in [3.63, 3.8) is 0 Å². The van der Waals surface area contributed by atoms with Crippen LogP contribution in [0.5, 0.6) is 11.5 Å². The van der Waals surface area contributed by atoms with Gasteiger partial charge in [0, 0.05) is 18.1 Å². The van der Waals surface area contributed by atoms with E-state index >= 15 is 0 Å². The Balaban J connectivity index is 2.22. The maximum atomic E-state index is 11.9. The summed E-state index contributed by atoms with van der Waals surface area (Å²) in [6.45, 7) is 5.07. The fraction of sp³-hybridized carbons (Fsp3) is 0.375. The van der Waals surface area contributed by atoms with Crippen LogP contribution < -0.4 is 14.3 Å². The molecular formula is C16H16N2O3S. The number of hydrogen-bond donors (Lipinski definition) is 0. The number of hydrogen-bond acceptors (Lipinski definition) is 4. The van der Waals surface area contributed by atoms with Gasteiger partial charge in [0.1, 0.15) is 13.2 Å². The molecule has 0 saturated heterocycles. The first-order valence-corrected chi connectivity index (χ1v) is 7.87. The minimum atomic E-state index is -0.158. The summed E-state index contributed by atoms with van der Waals surface area (Å²) in [4.78, 5) is 16.7. The van der Waals surface area contributed by atoms with Gasteiger partial charge >= 0.3 is 0 Å². The zero-order chi connectivity index (χ0) is 15.7. The van der Waals surface area contributed by atoms with Gasteiger partial charge in [-0.3, -0.25) is 4.79 Å². The second-order valence-corrected chi connectivity index (χ2v) is 6.25. The molecule has 6 heteroatoms. The molecule has 0 saturated carbocycles. The van der Waals surface area contributed by atoms with Crippen molar-refractivity contribution in [3.05, 3.63) is 16.9 Å². The van der Waals surface area contributed by atoms with Crippen LogP contribution in [0.25, 0.3) is 10.2 Å². The molecule has 0 fully saturated rings. The summed E-state index contributed by atoms with van der Waals surface area (Å²) in [6, 6.07) is 3.82. The van der Waals surface area contributed by atoms with E-state index in [9.17, 15) is 4.79 Å². The molecular weight excluding hydrogens is 300 g/mol. The first kappa shape index (κ1) is 14.7. The molecule has 1 aliphatic heterocycles. The summed E-state index contributed by atoms with van der Waals surface area (Å²) in [5, 5.41) is 0. The Morgan fingerprint density at radius 2 is 2.09 bits per heavy atom. The molecule has 3 rings (SSSR count). The average Bonchev–Trinajstić information content (AvgIpc) is 2.82. The Morgan fingerprint density at radius 3 is 2.73 bits per heavy atom. The van der Waals surface area contributed by atoms with Crippen molar-refractivity contribution >= 4 is 27.5 Å². The van der Waals surface area contributed by atoms with Crippen molar-refractivity contribution in [2.24, 2.45) is 10.9 Å². The van der Waals surface area contributed by atoms with Crippen molar-refractivity contribution < 1.29 is 14.3 Å². The predicted octanol–water partition coefficient (Wildman–Crippen LogP) is 2.19. The standard InChI is InChI=1S/C16H16N2O3S/c1-4-5-18-11-8-12-13(21-7-6-20-12)9-14(11)22-16(18)17-15(19)10(2)3/h1,8-10H,5-7H2,2-3H3. The van der Waals surface area contributed by atoms with Gasteiger partial charge in [0.15, 0.2) is 16.3 Å². The number of thiazole rings is 1. The predicted molar refractivity (Wildman–Crippen MR) is 85.0 cm³/mol. The lowest BCUT2D eigenvalue weighted by Gasteiger charge is -2.18. The Morgan fingerprint density at radius 1 is 1.41 bits per heavy atom. The van der Waals surface area contributed by atoms with Gasteiger partial charge in [0.05, 0.1) is 16.8 Å². The largest absolute Gasteiger partial charge is 0.486 e. The van der Waals surface area contributed by atoms with Crippen molar-refractivity contribution in [2.75, 3.05) is 13.2 Å². The second-order valence-electron chi connectivity index (χ2n) is 5.24. The van der Waals surface area contributed by atoms with Gasteiger partial charge in [-0.25, -0.2) is 0 Å².